The van der Waals surface area contributed by atoms with E-state index in [1.165, 1.54) is 0 Å². The van der Waals surface area contributed by atoms with E-state index in [4.69, 9.17) is 5.73 Å². The highest BCUT2D eigenvalue weighted by molar-refractivity contribution is 7.13. The summed E-state index contributed by atoms with van der Waals surface area (Å²) in [6, 6.07) is 17.5. The van der Waals surface area contributed by atoms with Crippen LogP contribution in [0.5, 0.6) is 0 Å². The Labute approximate surface area is 185 Å². The molecule has 0 aliphatic heterocycles. The van der Waals surface area contributed by atoms with E-state index >= 15 is 0 Å². The molecule has 0 aliphatic carbocycles. The van der Waals surface area contributed by atoms with Gasteiger partial charge in [-0.15, -0.1) is 11.3 Å². The minimum Gasteiger partial charge on any atom is -0.397 e. The van der Waals surface area contributed by atoms with Crippen LogP contribution in [0.25, 0.3) is 21.2 Å². The second-order valence-electron chi connectivity index (χ2n) is 7.59. The van der Waals surface area contributed by atoms with E-state index in [0.717, 1.165) is 40.0 Å². The predicted octanol–water partition coefficient (Wildman–Crippen LogP) is 4.77. The van der Waals surface area contributed by atoms with Gasteiger partial charge in [0.05, 0.1) is 11.4 Å². The van der Waals surface area contributed by atoms with Gasteiger partial charge in [-0.25, -0.2) is 0 Å². The predicted molar refractivity (Wildman–Crippen MR) is 131 cm³/mol. The molecule has 158 valence electrons. The fourth-order valence-corrected chi connectivity index (χ4v) is 3.97. The Morgan fingerprint density at radius 1 is 1.10 bits per heavy atom. The molecule has 0 saturated carbocycles. The average molecular weight is 432 g/mol. The molecular weight excluding hydrogens is 406 g/mol. The molecule has 0 aliphatic rings. The summed E-state index contributed by atoms with van der Waals surface area (Å²) in [6.07, 6.45) is 1.73. The fourth-order valence-electron chi connectivity index (χ4n) is 3.25. The molecule has 7 heteroatoms. The molecule has 0 spiro atoms. The van der Waals surface area contributed by atoms with Crippen LogP contribution in [-0.2, 0) is 0 Å². The van der Waals surface area contributed by atoms with Crippen LogP contribution in [0.15, 0.2) is 66.2 Å². The van der Waals surface area contributed by atoms with Crippen molar-refractivity contribution >= 4 is 45.1 Å². The molecule has 4 N–H and O–H groups in total. The Bertz CT molecular complexity index is 1200. The monoisotopic (exact) mass is 431 g/mol. The van der Waals surface area contributed by atoms with Gasteiger partial charge in [-0.1, -0.05) is 18.2 Å². The van der Waals surface area contributed by atoms with E-state index in [9.17, 15) is 4.79 Å². The number of likely N-dealkylation sites (N-methyl/N-ethyl adjacent to an activating group) is 1. The van der Waals surface area contributed by atoms with E-state index in [-0.39, 0.29) is 5.91 Å². The third-order valence-corrected chi connectivity index (χ3v) is 5.87. The molecule has 0 radical (unpaired) electrons. The number of thiophene rings is 1. The lowest BCUT2D eigenvalue weighted by molar-refractivity contribution is 0.102. The molecule has 4 rings (SSSR count). The number of nitrogens with two attached hydrogens (primary N) is 1. The zero-order valence-corrected chi connectivity index (χ0v) is 18.4. The van der Waals surface area contributed by atoms with E-state index in [0.29, 0.717) is 17.1 Å². The minimum absolute atomic E-state index is 0.287. The number of carbonyl (C=O) groups excluding carboxylic acids is 1. The zero-order chi connectivity index (χ0) is 21.8. The molecule has 0 unspecified atom stereocenters. The first-order chi connectivity index (χ1) is 15.0. The third-order valence-electron chi connectivity index (χ3n) is 4.95. The van der Waals surface area contributed by atoms with Gasteiger partial charge in [-0.3, -0.25) is 9.78 Å². The highest BCUT2D eigenvalue weighted by atomic mass is 32.1. The number of fused-ring (bicyclic) bond motifs is 1. The van der Waals surface area contributed by atoms with E-state index in [2.05, 4.69) is 20.5 Å². The number of aromatic nitrogens is 1. The molecule has 0 saturated heterocycles. The Hall–Kier alpha value is -3.42. The molecule has 2 aromatic carbocycles. The lowest BCUT2D eigenvalue weighted by atomic mass is 10.1. The standard InChI is InChI=1S/C24H25N5OS/c1-29(2)10-9-26-19-7-5-16-13-22(27-15-18(16)12-19)24(30)28-21-14-17(6-8-20(21)25)23-4-3-11-31-23/h3-8,11-15,26H,9-10,25H2,1-2H3,(H,28,30). The number of benzene rings is 2. The lowest BCUT2D eigenvalue weighted by Gasteiger charge is -2.12. The molecule has 4 aromatic rings. The number of nitrogens with zero attached hydrogens (tertiary/aromatic N) is 2. The molecule has 0 bridgehead atoms. The van der Waals surface area contributed by atoms with Crippen LogP contribution in [0.4, 0.5) is 17.1 Å². The Morgan fingerprint density at radius 3 is 2.74 bits per heavy atom. The normalized spacial score (nSPS) is 11.1. The summed E-state index contributed by atoms with van der Waals surface area (Å²) in [7, 11) is 4.09. The lowest BCUT2D eigenvalue weighted by Crippen LogP contribution is -2.20. The number of nitrogen functional groups attached to an aromatic ring is 1. The number of nitrogens with one attached hydrogen (secondary N) is 2. The highest BCUT2D eigenvalue weighted by Crippen LogP contribution is 2.30. The molecule has 0 fully saturated rings. The number of pyridine rings is 1. The first-order valence-electron chi connectivity index (χ1n) is 10.0. The summed E-state index contributed by atoms with van der Waals surface area (Å²) in [6.45, 7) is 1.81. The summed E-state index contributed by atoms with van der Waals surface area (Å²) in [4.78, 5) is 20.5. The maximum atomic E-state index is 12.8. The number of amides is 1. The van der Waals surface area contributed by atoms with Gasteiger partial charge in [0.25, 0.3) is 5.91 Å². The van der Waals surface area contributed by atoms with Crippen LogP contribution in [-0.4, -0.2) is 43.0 Å². The van der Waals surface area contributed by atoms with Gasteiger partial charge in [0, 0.05) is 35.2 Å². The number of hydrogen-bond donors (Lipinski definition) is 3. The first kappa shape index (κ1) is 20.8. The molecule has 2 heterocycles. The largest absolute Gasteiger partial charge is 0.397 e. The van der Waals surface area contributed by atoms with Crippen LogP contribution in [0.2, 0.25) is 0 Å². The van der Waals surface area contributed by atoms with Crippen molar-refractivity contribution in [1.82, 2.24) is 9.88 Å². The van der Waals surface area contributed by atoms with Crippen molar-refractivity contribution in [1.29, 1.82) is 0 Å². The van der Waals surface area contributed by atoms with E-state index in [1.807, 2.05) is 68.0 Å². The zero-order valence-electron chi connectivity index (χ0n) is 17.6. The average Bonchev–Trinajstić information content (AvgIpc) is 3.29. The van der Waals surface area contributed by atoms with E-state index < -0.39 is 0 Å². The van der Waals surface area contributed by atoms with Crippen molar-refractivity contribution in [3.63, 3.8) is 0 Å². The van der Waals surface area contributed by atoms with Crippen LogP contribution < -0.4 is 16.4 Å². The van der Waals surface area contributed by atoms with Crippen LogP contribution in [0.3, 0.4) is 0 Å². The quantitative estimate of drug-likeness (QED) is 0.367. The van der Waals surface area contributed by atoms with Gasteiger partial charge in [-0.05, 0) is 66.8 Å². The van der Waals surface area contributed by atoms with Gasteiger partial charge in [0.2, 0.25) is 0 Å². The van der Waals surface area contributed by atoms with Crippen molar-refractivity contribution in [3.05, 3.63) is 71.9 Å². The molecule has 0 atom stereocenters. The summed E-state index contributed by atoms with van der Waals surface area (Å²) in [5.41, 5.74) is 9.59. The van der Waals surface area contributed by atoms with Crippen LogP contribution in [0.1, 0.15) is 10.5 Å². The van der Waals surface area contributed by atoms with Crippen molar-refractivity contribution in [2.75, 3.05) is 43.6 Å². The maximum Gasteiger partial charge on any atom is 0.274 e. The summed E-state index contributed by atoms with van der Waals surface area (Å²) in [5.74, 6) is -0.287. The van der Waals surface area contributed by atoms with Crippen molar-refractivity contribution in [3.8, 4) is 10.4 Å². The maximum absolute atomic E-state index is 12.8. The fraction of sp³-hybridized carbons (Fsp3) is 0.167. The Balaban J connectivity index is 1.51. The first-order valence-corrected chi connectivity index (χ1v) is 10.9. The molecule has 2 aromatic heterocycles. The topological polar surface area (TPSA) is 83.3 Å². The molecule has 31 heavy (non-hydrogen) atoms. The smallest absolute Gasteiger partial charge is 0.274 e. The van der Waals surface area contributed by atoms with Crippen LogP contribution >= 0.6 is 11.3 Å². The third kappa shape index (κ3) is 5.02. The van der Waals surface area contributed by atoms with Gasteiger partial charge >= 0.3 is 0 Å². The van der Waals surface area contributed by atoms with Gasteiger partial charge in [0.1, 0.15) is 5.69 Å². The summed E-state index contributed by atoms with van der Waals surface area (Å²) >= 11 is 1.64. The van der Waals surface area contributed by atoms with E-state index in [1.54, 1.807) is 23.6 Å². The highest BCUT2D eigenvalue weighted by Gasteiger charge is 2.12. The van der Waals surface area contributed by atoms with Crippen molar-refractivity contribution in [2.45, 2.75) is 0 Å². The Kier molecular flexibility index (Phi) is 6.16. The van der Waals surface area contributed by atoms with Gasteiger partial charge in [-0.2, -0.15) is 0 Å². The molecular formula is C24H25N5OS. The SMILES string of the molecule is CN(C)CCNc1ccc2cc(C(=O)Nc3cc(-c4cccs4)ccc3N)ncc2c1. The summed E-state index contributed by atoms with van der Waals surface area (Å²) in [5, 5.41) is 10.3. The Morgan fingerprint density at radius 2 is 1.97 bits per heavy atom. The second kappa shape index (κ2) is 9.16. The summed E-state index contributed by atoms with van der Waals surface area (Å²) < 4.78 is 0. The molecule has 6 nitrogen and oxygen atoms in total. The molecule has 1 amide bonds. The minimum atomic E-state index is -0.287. The van der Waals surface area contributed by atoms with Crippen molar-refractivity contribution in [2.24, 2.45) is 0 Å². The number of anilines is 3. The van der Waals surface area contributed by atoms with Gasteiger partial charge < -0.3 is 21.3 Å². The number of carbonyl (C=O) groups is 1. The number of hydrogen-bond acceptors (Lipinski definition) is 6. The second-order valence-corrected chi connectivity index (χ2v) is 8.54. The number of rotatable bonds is 7. The van der Waals surface area contributed by atoms with Crippen molar-refractivity contribution < 1.29 is 4.79 Å². The van der Waals surface area contributed by atoms with Gasteiger partial charge in [0.15, 0.2) is 0 Å². The van der Waals surface area contributed by atoms with Crippen LogP contribution in [0, 0.1) is 0 Å².